The van der Waals surface area contributed by atoms with E-state index in [1.165, 1.54) is 13.8 Å². The van der Waals surface area contributed by atoms with Gasteiger partial charge in [0.1, 0.15) is 0 Å². The maximum absolute atomic E-state index is 10.9. The minimum Gasteiger partial charge on any atom is -0.390 e. The predicted molar refractivity (Wildman–Crippen MR) is 47.0 cm³/mol. The second-order valence-electron chi connectivity index (χ2n) is 3.55. The van der Waals surface area contributed by atoms with Crippen LogP contribution >= 0.6 is 7.60 Å². The van der Waals surface area contributed by atoms with Gasteiger partial charge in [0.05, 0.1) is 11.3 Å². The Morgan fingerprint density at radius 3 is 1.92 bits per heavy atom. The molecule has 0 radical (unpaired) electrons. The molecule has 0 bridgehead atoms. The third kappa shape index (κ3) is 3.68. The SMILES string of the molecule is CCCC(C(C)(C)O)P(=O)(O)O. The van der Waals surface area contributed by atoms with Crippen molar-refractivity contribution in [2.24, 2.45) is 0 Å². The lowest BCUT2D eigenvalue weighted by atomic mass is 10.0. The molecule has 0 fully saturated rings. The van der Waals surface area contributed by atoms with Gasteiger partial charge < -0.3 is 14.9 Å². The van der Waals surface area contributed by atoms with Crippen LogP contribution in [-0.2, 0) is 4.57 Å². The molecule has 0 aliphatic heterocycles. The van der Waals surface area contributed by atoms with Gasteiger partial charge in [-0.15, -0.1) is 0 Å². The third-order valence-electron chi connectivity index (χ3n) is 1.78. The summed E-state index contributed by atoms with van der Waals surface area (Å²) in [4.78, 5) is 17.8. The molecule has 1 atom stereocenters. The van der Waals surface area contributed by atoms with Crippen LogP contribution in [0.2, 0.25) is 0 Å². The van der Waals surface area contributed by atoms with Crippen LogP contribution in [0.25, 0.3) is 0 Å². The molecule has 0 rings (SSSR count). The molecular weight excluding hydrogens is 179 g/mol. The summed E-state index contributed by atoms with van der Waals surface area (Å²) in [6, 6.07) is 0. The zero-order valence-electron chi connectivity index (χ0n) is 7.69. The largest absolute Gasteiger partial charge is 0.390 e. The molecule has 0 aliphatic rings. The highest BCUT2D eigenvalue weighted by Crippen LogP contribution is 2.48. The quantitative estimate of drug-likeness (QED) is 0.588. The normalized spacial score (nSPS) is 16.2. The summed E-state index contributed by atoms with van der Waals surface area (Å²) >= 11 is 0. The van der Waals surface area contributed by atoms with Gasteiger partial charge in [-0.3, -0.25) is 4.57 Å². The molecule has 74 valence electrons. The monoisotopic (exact) mass is 196 g/mol. The van der Waals surface area contributed by atoms with Crippen LogP contribution in [0.3, 0.4) is 0 Å². The van der Waals surface area contributed by atoms with E-state index in [2.05, 4.69) is 0 Å². The average Bonchev–Trinajstić information content (AvgIpc) is 1.77. The number of hydrogen-bond donors (Lipinski definition) is 3. The first-order valence-corrected chi connectivity index (χ1v) is 5.65. The van der Waals surface area contributed by atoms with Crippen LogP contribution in [0.1, 0.15) is 33.6 Å². The van der Waals surface area contributed by atoms with Crippen molar-refractivity contribution in [3.63, 3.8) is 0 Å². The number of rotatable bonds is 4. The lowest BCUT2D eigenvalue weighted by Gasteiger charge is -2.29. The van der Waals surface area contributed by atoms with Gasteiger partial charge in [-0.2, -0.15) is 0 Å². The number of aliphatic hydroxyl groups is 1. The van der Waals surface area contributed by atoms with Gasteiger partial charge in [0, 0.05) is 0 Å². The van der Waals surface area contributed by atoms with Crippen molar-refractivity contribution in [3.8, 4) is 0 Å². The molecule has 0 saturated carbocycles. The Balaban J connectivity index is 4.57. The fourth-order valence-corrected chi connectivity index (χ4v) is 2.62. The summed E-state index contributed by atoms with van der Waals surface area (Å²) in [6.07, 6.45) is 0.994. The highest BCUT2D eigenvalue weighted by Gasteiger charge is 2.39. The highest BCUT2D eigenvalue weighted by atomic mass is 31.2. The fourth-order valence-electron chi connectivity index (χ4n) is 1.21. The van der Waals surface area contributed by atoms with E-state index in [0.717, 1.165) is 0 Å². The lowest BCUT2D eigenvalue weighted by molar-refractivity contribution is 0.0639. The molecule has 0 spiro atoms. The number of hydrogen-bond acceptors (Lipinski definition) is 2. The molecule has 0 aromatic heterocycles. The molecule has 0 amide bonds. The van der Waals surface area contributed by atoms with Gasteiger partial charge >= 0.3 is 7.60 Å². The minimum absolute atomic E-state index is 0.341. The molecule has 0 aliphatic carbocycles. The van der Waals surface area contributed by atoms with Gasteiger partial charge in [-0.25, -0.2) is 0 Å². The standard InChI is InChI=1S/C7H17O4P/c1-4-5-6(7(2,3)8)12(9,10)11/h6,8H,4-5H2,1-3H3,(H2,9,10,11). The van der Waals surface area contributed by atoms with E-state index in [4.69, 9.17) is 9.79 Å². The van der Waals surface area contributed by atoms with E-state index in [-0.39, 0.29) is 0 Å². The Kier molecular flexibility index (Phi) is 3.91. The van der Waals surface area contributed by atoms with Crippen molar-refractivity contribution < 1.29 is 19.5 Å². The molecule has 5 heteroatoms. The summed E-state index contributed by atoms with van der Waals surface area (Å²) in [5.41, 5.74) is -2.26. The van der Waals surface area contributed by atoms with E-state index in [1.807, 2.05) is 6.92 Å². The van der Waals surface area contributed by atoms with E-state index in [9.17, 15) is 9.67 Å². The van der Waals surface area contributed by atoms with Crippen molar-refractivity contribution in [2.45, 2.75) is 44.9 Å². The molecule has 0 heterocycles. The predicted octanol–water partition coefficient (Wildman–Crippen LogP) is 1.10. The second-order valence-corrected chi connectivity index (χ2v) is 5.35. The molecular formula is C7H17O4P. The zero-order valence-corrected chi connectivity index (χ0v) is 8.58. The van der Waals surface area contributed by atoms with Gasteiger partial charge in [-0.1, -0.05) is 13.3 Å². The van der Waals surface area contributed by atoms with Gasteiger partial charge in [0.15, 0.2) is 0 Å². The van der Waals surface area contributed by atoms with Crippen LogP contribution < -0.4 is 0 Å². The van der Waals surface area contributed by atoms with E-state index < -0.39 is 18.9 Å². The molecule has 12 heavy (non-hydrogen) atoms. The first kappa shape index (κ1) is 12.1. The van der Waals surface area contributed by atoms with E-state index >= 15 is 0 Å². The van der Waals surface area contributed by atoms with E-state index in [0.29, 0.717) is 12.8 Å². The Hall–Kier alpha value is 0.110. The first-order chi connectivity index (χ1) is 5.19. The van der Waals surface area contributed by atoms with Crippen LogP contribution in [-0.4, -0.2) is 26.2 Å². The fraction of sp³-hybridized carbons (Fsp3) is 1.00. The van der Waals surface area contributed by atoms with Crippen molar-refractivity contribution in [3.05, 3.63) is 0 Å². The van der Waals surface area contributed by atoms with Crippen LogP contribution in [0.15, 0.2) is 0 Å². The van der Waals surface area contributed by atoms with Crippen molar-refractivity contribution in [2.75, 3.05) is 0 Å². The van der Waals surface area contributed by atoms with E-state index in [1.54, 1.807) is 0 Å². The first-order valence-electron chi connectivity index (χ1n) is 3.97. The molecule has 4 nitrogen and oxygen atoms in total. The molecule has 1 unspecified atom stereocenters. The minimum atomic E-state index is -4.16. The maximum atomic E-state index is 10.9. The summed E-state index contributed by atoms with van der Waals surface area (Å²) in [5.74, 6) is 0. The van der Waals surface area contributed by atoms with Crippen molar-refractivity contribution >= 4 is 7.60 Å². The van der Waals surface area contributed by atoms with Crippen LogP contribution in [0.5, 0.6) is 0 Å². The Bertz CT molecular complexity index is 178. The zero-order chi connectivity index (χ0) is 9.99. The van der Waals surface area contributed by atoms with Gasteiger partial charge in [0.25, 0.3) is 0 Å². The van der Waals surface area contributed by atoms with Gasteiger partial charge in [-0.05, 0) is 20.3 Å². The Morgan fingerprint density at radius 2 is 1.83 bits per heavy atom. The Morgan fingerprint density at radius 1 is 1.42 bits per heavy atom. The molecule has 0 aromatic rings. The summed E-state index contributed by atoms with van der Waals surface area (Å²) in [7, 11) is -4.16. The van der Waals surface area contributed by atoms with Crippen LogP contribution in [0.4, 0.5) is 0 Å². The molecule has 0 saturated heterocycles. The summed E-state index contributed by atoms with van der Waals surface area (Å²) in [6.45, 7) is 4.67. The van der Waals surface area contributed by atoms with Gasteiger partial charge in [0.2, 0.25) is 0 Å². The van der Waals surface area contributed by atoms with Crippen molar-refractivity contribution in [1.29, 1.82) is 0 Å². The average molecular weight is 196 g/mol. The molecule has 0 aromatic carbocycles. The summed E-state index contributed by atoms with van der Waals surface area (Å²) in [5, 5.41) is 9.45. The maximum Gasteiger partial charge on any atom is 0.331 e. The van der Waals surface area contributed by atoms with Crippen LogP contribution in [0, 0.1) is 0 Å². The van der Waals surface area contributed by atoms with Crippen molar-refractivity contribution in [1.82, 2.24) is 0 Å². The second kappa shape index (κ2) is 3.88. The Labute approximate surface area is 72.8 Å². The topological polar surface area (TPSA) is 77.8 Å². The summed E-state index contributed by atoms with van der Waals surface area (Å²) < 4.78 is 10.9. The smallest absolute Gasteiger partial charge is 0.331 e. The molecule has 3 N–H and O–H groups in total. The highest BCUT2D eigenvalue weighted by molar-refractivity contribution is 7.52. The lowest BCUT2D eigenvalue weighted by Crippen LogP contribution is -2.35. The third-order valence-corrected chi connectivity index (χ3v) is 3.49.